The molecule has 0 saturated heterocycles. The van der Waals surface area contributed by atoms with Gasteiger partial charge < -0.3 is 5.11 Å². The van der Waals surface area contributed by atoms with Crippen molar-refractivity contribution in [1.82, 2.24) is 0 Å². The Hall–Kier alpha value is -0.550. The van der Waals surface area contributed by atoms with E-state index in [1.54, 1.807) is 0 Å². The van der Waals surface area contributed by atoms with Crippen molar-refractivity contribution in [3.8, 4) is 6.07 Å². The summed E-state index contributed by atoms with van der Waals surface area (Å²) in [5, 5.41) is 18.2. The normalized spacial score (nSPS) is 24.4. The number of aliphatic hydroxyl groups excluding tert-OH is 1. The van der Waals surface area contributed by atoms with Gasteiger partial charge in [0.15, 0.2) is 0 Å². The Bertz CT molecular complexity index is 177. The third kappa shape index (κ3) is 1.98. The van der Waals surface area contributed by atoms with Crippen molar-refractivity contribution in [3.05, 3.63) is 0 Å². The van der Waals surface area contributed by atoms with Crippen LogP contribution in [-0.2, 0) is 0 Å². The Labute approximate surface area is 74.2 Å². The lowest BCUT2D eigenvalue weighted by Gasteiger charge is -2.36. The quantitative estimate of drug-likeness (QED) is 0.685. The van der Waals surface area contributed by atoms with Gasteiger partial charge in [-0.3, -0.25) is 0 Å². The summed E-state index contributed by atoms with van der Waals surface area (Å²) in [6.07, 6.45) is 5.73. The molecule has 0 bridgehead atoms. The first-order valence-corrected chi connectivity index (χ1v) is 4.74. The highest BCUT2D eigenvalue weighted by Gasteiger charge is 2.33. The molecule has 0 heterocycles. The molecule has 0 spiro atoms. The van der Waals surface area contributed by atoms with Gasteiger partial charge in [-0.15, -0.1) is 0 Å². The average molecular weight is 167 g/mol. The predicted octanol–water partition coefficient (Wildman–Crippen LogP) is 2.23. The monoisotopic (exact) mass is 167 g/mol. The van der Waals surface area contributed by atoms with E-state index in [4.69, 9.17) is 5.26 Å². The summed E-state index contributed by atoms with van der Waals surface area (Å²) >= 11 is 0. The lowest BCUT2D eigenvalue weighted by atomic mass is 9.71. The molecule has 0 aromatic heterocycles. The third-order valence-electron chi connectivity index (χ3n) is 3.08. The number of nitriles is 1. The summed E-state index contributed by atoms with van der Waals surface area (Å²) in [7, 11) is 0. The summed E-state index contributed by atoms with van der Waals surface area (Å²) in [6, 6.07) is 2.04. The van der Waals surface area contributed by atoms with Gasteiger partial charge in [-0.05, 0) is 18.3 Å². The second-order valence-electron chi connectivity index (χ2n) is 4.09. The van der Waals surface area contributed by atoms with Crippen LogP contribution in [-0.4, -0.2) is 11.2 Å². The summed E-state index contributed by atoms with van der Waals surface area (Å²) in [5.41, 5.74) is 0.0218. The standard InChI is InChI=1S/C10H17NO/c1-10(9(12)5-8-11)6-3-2-4-7-10/h9,12H,2-7H2,1H3. The Kier molecular flexibility index (Phi) is 3.11. The minimum absolute atomic E-state index is 0.0218. The van der Waals surface area contributed by atoms with Crippen LogP contribution in [0.5, 0.6) is 0 Å². The number of aliphatic hydroxyl groups is 1. The van der Waals surface area contributed by atoms with Crippen molar-refractivity contribution in [3.63, 3.8) is 0 Å². The smallest absolute Gasteiger partial charge is 0.0723 e. The Morgan fingerprint density at radius 2 is 2.00 bits per heavy atom. The van der Waals surface area contributed by atoms with Gasteiger partial charge in [-0.1, -0.05) is 26.2 Å². The minimum Gasteiger partial charge on any atom is -0.391 e. The highest BCUT2D eigenvalue weighted by molar-refractivity contribution is 4.90. The first-order valence-electron chi connectivity index (χ1n) is 4.74. The van der Waals surface area contributed by atoms with Crippen LogP contribution in [0.25, 0.3) is 0 Å². The second kappa shape index (κ2) is 3.91. The van der Waals surface area contributed by atoms with E-state index < -0.39 is 6.10 Å². The average Bonchev–Trinajstić information content (AvgIpc) is 2.06. The van der Waals surface area contributed by atoms with Gasteiger partial charge in [0.05, 0.1) is 18.6 Å². The Balaban J connectivity index is 2.51. The van der Waals surface area contributed by atoms with E-state index in [1.807, 2.05) is 6.07 Å². The first kappa shape index (κ1) is 9.54. The molecular formula is C10H17NO. The van der Waals surface area contributed by atoms with E-state index in [0.717, 1.165) is 12.8 Å². The van der Waals surface area contributed by atoms with Crippen LogP contribution in [0, 0.1) is 16.7 Å². The molecule has 2 nitrogen and oxygen atoms in total. The molecule has 0 radical (unpaired) electrons. The molecule has 0 aromatic rings. The zero-order valence-electron chi connectivity index (χ0n) is 7.71. The van der Waals surface area contributed by atoms with Gasteiger partial charge in [-0.25, -0.2) is 0 Å². The van der Waals surface area contributed by atoms with Gasteiger partial charge in [0, 0.05) is 0 Å². The van der Waals surface area contributed by atoms with E-state index in [9.17, 15) is 5.11 Å². The summed E-state index contributed by atoms with van der Waals surface area (Å²) in [6.45, 7) is 2.11. The van der Waals surface area contributed by atoms with Crippen molar-refractivity contribution < 1.29 is 5.11 Å². The fourth-order valence-corrected chi connectivity index (χ4v) is 2.03. The number of hydrogen-bond donors (Lipinski definition) is 1. The Morgan fingerprint density at radius 1 is 1.42 bits per heavy atom. The maximum Gasteiger partial charge on any atom is 0.0723 e. The fraction of sp³-hybridized carbons (Fsp3) is 0.900. The number of rotatable bonds is 2. The maximum atomic E-state index is 9.71. The van der Waals surface area contributed by atoms with Crippen molar-refractivity contribution in [1.29, 1.82) is 5.26 Å². The van der Waals surface area contributed by atoms with E-state index in [0.29, 0.717) is 0 Å². The topological polar surface area (TPSA) is 44.0 Å². The molecule has 2 heteroatoms. The van der Waals surface area contributed by atoms with Crippen LogP contribution < -0.4 is 0 Å². The molecule has 1 aliphatic rings. The first-order chi connectivity index (χ1) is 5.69. The van der Waals surface area contributed by atoms with Gasteiger partial charge in [-0.2, -0.15) is 5.26 Å². The SMILES string of the molecule is CC1(C(O)CC#N)CCCCC1. The summed E-state index contributed by atoms with van der Waals surface area (Å²) in [4.78, 5) is 0. The molecule has 1 saturated carbocycles. The second-order valence-corrected chi connectivity index (χ2v) is 4.09. The van der Waals surface area contributed by atoms with Gasteiger partial charge >= 0.3 is 0 Å². The zero-order valence-corrected chi connectivity index (χ0v) is 7.71. The van der Waals surface area contributed by atoms with Crippen LogP contribution in [0.1, 0.15) is 45.4 Å². The molecular weight excluding hydrogens is 150 g/mol. The lowest BCUT2D eigenvalue weighted by molar-refractivity contribution is 0.0134. The largest absolute Gasteiger partial charge is 0.391 e. The summed E-state index contributed by atoms with van der Waals surface area (Å²) in [5.74, 6) is 0. The Morgan fingerprint density at radius 3 is 2.50 bits per heavy atom. The van der Waals surface area contributed by atoms with Crippen LogP contribution in [0.2, 0.25) is 0 Å². The van der Waals surface area contributed by atoms with Crippen molar-refractivity contribution >= 4 is 0 Å². The van der Waals surface area contributed by atoms with Crippen LogP contribution in [0.4, 0.5) is 0 Å². The fourth-order valence-electron chi connectivity index (χ4n) is 2.03. The molecule has 0 aromatic carbocycles. The van der Waals surface area contributed by atoms with Gasteiger partial charge in [0.1, 0.15) is 0 Å². The minimum atomic E-state index is -0.414. The van der Waals surface area contributed by atoms with E-state index in [-0.39, 0.29) is 11.8 Å². The highest BCUT2D eigenvalue weighted by Crippen LogP contribution is 2.39. The molecule has 1 unspecified atom stereocenters. The number of nitrogens with zero attached hydrogens (tertiary/aromatic N) is 1. The molecule has 1 atom stereocenters. The molecule has 1 aliphatic carbocycles. The van der Waals surface area contributed by atoms with Crippen molar-refractivity contribution in [2.24, 2.45) is 5.41 Å². The molecule has 68 valence electrons. The summed E-state index contributed by atoms with van der Waals surface area (Å²) < 4.78 is 0. The molecule has 1 fully saturated rings. The van der Waals surface area contributed by atoms with E-state index >= 15 is 0 Å². The zero-order chi connectivity index (χ0) is 9.03. The maximum absolute atomic E-state index is 9.71. The van der Waals surface area contributed by atoms with Crippen LogP contribution in [0.15, 0.2) is 0 Å². The van der Waals surface area contributed by atoms with E-state index in [2.05, 4.69) is 6.92 Å². The van der Waals surface area contributed by atoms with Gasteiger partial charge in [0.25, 0.3) is 0 Å². The molecule has 12 heavy (non-hydrogen) atoms. The molecule has 1 N–H and O–H groups in total. The lowest BCUT2D eigenvalue weighted by Crippen LogP contribution is -2.33. The van der Waals surface area contributed by atoms with Gasteiger partial charge in [0.2, 0.25) is 0 Å². The molecule has 0 amide bonds. The van der Waals surface area contributed by atoms with Crippen molar-refractivity contribution in [2.75, 3.05) is 0 Å². The third-order valence-corrected chi connectivity index (χ3v) is 3.08. The van der Waals surface area contributed by atoms with Crippen LogP contribution >= 0.6 is 0 Å². The van der Waals surface area contributed by atoms with E-state index in [1.165, 1.54) is 19.3 Å². The molecule has 1 rings (SSSR count). The number of hydrogen-bond acceptors (Lipinski definition) is 2. The predicted molar refractivity (Wildman–Crippen MR) is 47.4 cm³/mol. The molecule has 0 aliphatic heterocycles. The van der Waals surface area contributed by atoms with Crippen LogP contribution in [0.3, 0.4) is 0 Å². The highest BCUT2D eigenvalue weighted by atomic mass is 16.3. The van der Waals surface area contributed by atoms with Crippen molar-refractivity contribution in [2.45, 2.75) is 51.6 Å².